The zero-order valence-electron chi connectivity index (χ0n) is 12.4. The number of aromatic nitrogens is 2. The predicted molar refractivity (Wildman–Crippen MR) is 87.8 cm³/mol. The summed E-state index contributed by atoms with van der Waals surface area (Å²) < 4.78 is 7.95. The number of aryl methyl sites for hydroxylation is 2. The van der Waals surface area contributed by atoms with Crippen LogP contribution in [0.4, 0.5) is 0 Å². The average molecular weight is 363 g/mol. The van der Waals surface area contributed by atoms with E-state index in [2.05, 4.69) is 21.0 Å². The van der Waals surface area contributed by atoms with Crippen molar-refractivity contribution in [1.29, 1.82) is 0 Å². The number of hydrogen-bond donors (Lipinski definition) is 1. The summed E-state index contributed by atoms with van der Waals surface area (Å²) in [4.78, 5) is 12.6. The Morgan fingerprint density at radius 1 is 1.41 bits per heavy atom. The van der Waals surface area contributed by atoms with E-state index < -0.39 is 6.10 Å². The Morgan fingerprint density at radius 2 is 2.14 bits per heavy atom. The Labute approximate surface area is 135 Å². The topological polar surface area (TPSA) is 68.3 Å². The van der Waals surface area contributed by atoms with Gasteiger partial charge in [0.25, 0.3) is 0 Å². The highest BCUT2D eigenvalue weighted by Crippen LogP contribution is 2.32. The molecule has 0 aliphatic rings. The average Bonchev–Trinajstić information content (AvgIpc) is 2.88. The van der Waals surface area contributed by atoms with Crippen molar-refractivity contribution < 1.29 is 9.52 Å². The van der Waals surface area contributed by atoms with Gasteiger partial charge in [-0.1, -0.05) is 0 Å². The second-order valence-corrected chi connectivity index (χ2v) is 6.18. The molecule has 1 aromatic carbocycles. The van der Waals surface area contributed by atoms with Gasteiger partial charge in [-0.3, -0.25) is 9.48 Å². The summed E-state index contributed by atoms with van der Waals surface area (Å²) in [5, 5.41) is 14.5. The second-order valence-electron chi connectivity index (χ2n) is 5.38. The van der Waals surface area contributed by atoms with Gasteiger partial charge in [0.15, 0.2) is 5.76 Å². The van der Waals surface area contributed by atoms with Gasteiger partial charge in [0.2, 0.25) is 5.43 Å². The number of nitrogens with zero attached hydrogens (tertiary/aromatic N) is 2. The Kier molecular flexibility index (Phi) is 3.66. The van der Waals surface area contributed by atoms with Gasteiger partial charge in [-0.15, -0.1) is 0 Å². The highest BCUT2D eigenvalue weighted by Gasteiger charge is 2.19. The molecule has 0 bridgehead atoms. The van der Waals surface area contributed by atoms with Gasteiger partial charge in [0.05, 0.1) is 23.3 Å². The Hall–Kier alpha value is -1.92. The van der Waals surface area contributed by atoms with Crippen LogP contribution in [0.15, 0.2) is 38.2 Å². The summed E-state index contributed by atoms with van der Waals surface area (Å²) in [6.07, 6.45) is 2.67. The molecule has 2 heterocycles. The number of aliphatic hydroxyl groups is 1. The first-order valence-electron chi connectivity index (χ1n) is 6.82. The second kappa shape index (κ2) is 5.37. The smallest absolute Gasteiger partial charge is 0.207 e. The number of rotatable bonds is 2. The quantitative estimate of drug-likeness (QED) is 0.759. The monoisotopic (exact) mass is 362 g/mol. The molecule has 2 aromatic heterocycles. The number of fused-ring (bicyclic) bond motifs is 1. The lowest BCUT2D eigenvalue weighted by molar-refractivity contribution is 0.199. The van der Waals surface area contributed by atoms with Crippen molar-refractivity contribution in [3.05, 3.63) is 50.3 Å². The molecule has 3 rings (SSSR count). The maximum atomic E-state index is 12.6. The van der Waals surface area contributed by atoms with Crippen LogP contribution in [-0.4, -0.2) is 14.9 Å². The summed E-state index contributed by atoms with van der Waals surface area (Å²) in [6, 6.07) is 3.60. The van der Waals surface area contributed by atoms with Crippen LogP contribution in [0.1, 0.15) is 24.2 Å². The van der Waals surface area contributed by atoms with Gasteiger partial charge in [-0.05, 0) is 47.5 Å². The van der Waals surface area contributed by atoms with Gasteiger partial charge < -0.3 is 9.52 Å². The molecule has 0 spiro atoms. The van der Waals surface area contributed by atoms with Crippen LogP contribution < -0.4 is 5.43 Å². The van der Waals surface area contributed by atoms with Crippen molar-refractivity contribution in [1.82, 2.24) is 9.78 Å². The van der Waals surface area contributed by atoms with Gasteiger partial charge in [0.1, 0.15) is 10.1 Å². The fraction of sp³-hybridized carbons (Fsp3) is 0.250. The molecule has 5 nitrogen and oxygen atoms in total. The lowest BCUT2D eigenvalue weighted by Gasteiger charge is -2.11. The molecule has 0 amide bonds. The summed E-state index contributed by atoms with van der Waals surface area (Å²) >= 11 is 3.33. The minimum Gasteiger partial charge on any atom is -0.454 e. The van der Waals surface area contributed by atoms with E-state index in [9.17, 15) is 9.90 Å². The lowest BCUT2D eigenvalue weighted by Crippen LogP contribution is -2.07. The third kappa shape index (κ3) is 2.38. The van der Waals surface area contributed by atoms with Crippen molar-refractivity contribution >= 4 is 26.9 Å². The van der Waals surface area contributed by atoms with Crippen molar-refractivity contribution in [2.45, 2.75) is 20.0 Å². The van der Waals surface area contributed by atoms with Gasteiger partial charge in [0, 0.05) is 18.8 Å². The number of hydrogen-bond acceptors (Lipinski definition) is 4. The van der Waals surface area contributed by atoms with Crippen LogP contribution in [0.5, 0.6) is 0 Å². The minimum atomic E-state index is -0.728. The van der Waals surface area contributed by atoms with Crippen LogP contribution >= 0.6 is 15.9 Å². The third-order valence-corrected chi connectivity index (χ3v) is 4.25. The number of benzene rings is 1. The zero-order valence-corrected chi connectivity index (χ0v) is 14.0. The highest BCUT2D eigenvalue weighted by molar-refractivity contribution is 9.10. The lowest BCUT2D eigenvalue weighted by atomic mass is 10.0. The third-order valence-electron chi connectivity index (χ3n) is 3.53. The van der Waals surface area contributed by atoms with Gasteiger partial charge in [-0.2, -0.15) is 5.10 Å². The Morgan fingerprint density at radius 3 is 2.73 bits per heavy atom. The number of aliphatic hydroxyl groups excluding tert-OH is 1. The summed E-state index contributed by atoms with van der Waals surface area (Å²) in [5.74, 6) is 0.413. The molecule has 0 fully saturated rings. The molecule has 0 unspecified atom stereocenters. The normalized spacial score (nSPS) is 12.8. The maximum absolute atomic E-state index is 12.6. The zero-order chi connectivity index (χ0) is 16.0. The molecular weight excluding hydrogens is 348 g/mol. The molecule has 0 saturated heterocycles. The molecule has 114 valence electrons. The summed E-state index contributed by atoms with van der Waals surface area (Å²) in [7, 11) is 1.79. The Bertz CT molecular complexity index is 925. The van der Waals surface area contributed by atoms with E-state index in [1.807, 2.05) is 13.0 Å². The molecule has 1 atom stereocenters. The molecule has 0 aliphatic heterocycles. The van der Waals surface area contributed by atoms with Crippen molar-refractivity contribution in [2.75, 3.05) is 0 Å². The molecule has 0 radical (unpaired) electrons. The molecule has 0 saturated carbocycles. The van der Waals surface area contributed by atoms with Gasteiger partial charge >= 0.3 is 0 Å². The number of halogens is 1. The van der Waals surface area contributed by atoms with Crippen LogP contribution in [0.25, 0.3) is 22.3 Å². The molecular formula is C16H15BrN2O3. The molecule has 22 heavy (non-hydrogen) atoms. The van der Waals surface area contributed by atoms with E-state index in [1.165, 1.54) is 0 Å². The SMILES string of the molecule is Cc1cc([C@H](C)O)c2oc(-c3cnn(C)c3)c(Br)c(=O)c2c1. The van der Waals surface area contributed by atoms with E-state index in [-0.39, 0.29) is 5.43 Å². The first kappa shape index (κ1) is 15.0. The minimum absolute atomic E-state index is 0.161. The van der Waals surface area contributed by atoms with E-state index in [0.717, 1.165) is 5.56 Å². The van der Waals surface area contributed by atoms with Crippen molar-refractivity contribution in [3.8, 4) is 11.3 Å². The van der Waals surface area contributed by atoms with Crippen LogP contribution in [0, 0.1) is 6.92 Å². The fourth-order valence-corrected chi connectivity index (χ4v) is 3.01. The van der Waals surface area contributed by atoms with E-state index >= 15 is 0 Å². The fourth-order valence-electron chi connectivity index (χ4n) is 2.49. The summed E-state index contributed by atoms with van der Waals surface area (Å²) in [5.41, 5.74) is 2.45. The molecule has 6 heteroatoms. The van der Waals surface area contributed by atoms with Crippen LogP contribution in [0.2, 0.25) is 0 Å². The van der Waals surface area contributed by atoms with Crippen LogP contribution in [0.3, 0.4) is 0 Å². The van der Waals surface area contributed by atoms with Crippen molar-refractivity contribution in [2.24, 2.45) is 7.05 Å². The largest absolute Gasteiger partial charge is 0.454 e. The standard InChI is InChI=1S/C16H15BrN2O3/c1-8-4-11(9(2)20)16-12(5-8)14(21)13(17)15(22-16)10-6-18-19(3)7-10/h4-7,9,20H,1-3H3/t9-/m0/s1. The summed E-state index contributed by atoms with van der Waals surface area (Å²) in [6.45, 7) is 3.54. The first-order chi connectivity index (χ1) is 10.4. The van der Waals surface area contributed by atoms with E-state index in [1.54, 1.807) is 37.1 Å². The molecule has 0 aliphatic carbocycles. The molecule has 1 N–H and O–H groups in total. The van der Waals surface area contributed by atoms with Crippen LogP contribution in [-0.2, 0) is 7.05 Å². The highest BCUT2D eigenvalue weighted by atomic mass is 79.9. The first-order valence-corrected chi connectivity index (χ1v) is 7.61. The maximum Gasteiger partial charge on any atom is 0.207 e. The van der Waals surface area contributed by atoms with E-state index in [4.69, 9.17) is 4.42 Å². The van der Waals surface area contributed by atoms with E-state index in [0.29, 0.717) is 32.3 Å². The van der Waals surface area contributed by atoms with Gasteiger partial charge in [-0.25, -0.2) is 0 Å². The van der Waals surface area contributed by atoms with Crippen molar-refractivity contribution in [3.63, 3.8) is 0 Å². The molecule has 3 aromatic rings. The Balaban J connectivity index is 2.42. The predicted octanol–water partition coefficient (Wildman–Crippen LogP) is 3.32.